The minimum atomic E-state index is -0.504. The summed E-state index contributed by atoms with van der Waals surface area (Å²) < 4.78 is 11.6. The van der Waals surface area contributed by atoms with Crippen LogP contribution < -0.4 is 14.8 Å². The molecule has 180 valence electrons. The van der Waals surface area contributed by atoms with E-state index in [1.165, 1.54) is 17.4 Å². The van der Waals surface area contributed by atoms with Crippen molar-refractivity contribution in [2.75, 3.05) is 18.5 Å². The van der Waals surface area contributed by atoms with E-state index in [2.05, 4.69) is 16.4 Å². The predicted molar refractivity (Wildman–Crippen MR) is 143 cm³/mol. The van der Waals surface area contributed by atoms with Gasteiger partial charge in [-0.25, -0.2) is 4.98 Å². The van der Waals surface area contributed by atoms with Crippen molar-refractivity contribution in [1.82, 2.24) is 4.98 Å². The normalized spacial score (nSPS) is 11.0. The highest BCUT2D eigenvalue weighted by Crippen LogP contribution is 2.25. The molecule has 3 aromatic carbocycles. The third kappa shape index (κ3) is 6.59. The van der Waals surface area contributed by atoms with Gasteiger partial charge < -0.3 is 9.47 Å². The largest absolute Gasteiger partial charge is 0.490 e. The van der Waals surface area contributed by atoms with Gasteiger partial charge in [-0.3, -0.25) is 10.1 Å². The van der Waals surface area contributed by atoms with Crippen molar-refractivity contribution in [2.45, 2.75) is 13.8 Å². The van der Waals surface area contributed by atoms with E-state index < -0.39 is 5.91 Å². The Labute approximate surface area is 214 Å². The summed E-state index contributed by atoms with van der Waals surface area (Å²) in [5.74, 6) is 1.03. The fourth-order valence-electron chi connectivity index (χ4n) is 3.39. The summed E-state index contributed by atoms with van der Waals surface area (Å²) in [6, 6.07) is 24.9. The highest BCUT2D eigenvalue weighted by atomic mass is 32.1. The van der Waals surface area contributed by atoms with Gasteiger partial charge in [-0.05, 0) is 54.8 Å². The van der Waals surface area contributed by atoms with Crippen molar-refractivity contribution in [3.05, 3.63) is 100 Å². The number of aromatic nitrogens is 1. The zero-order valence-electron chi connectivity index (χ0n) is 20.0. The van der Waals surface area contributed by atoms with Crippen molar-refractivity contribution < 1.29 is 14.3 Å². The van der Waals surface area contributed by atoms with Gasteiger partial charge in [-0.15, -0.1) is 11.3 Å². The molecule has 0 bridgehead atoms. The Morgan fingerprint density at radius 1 is 1.03 bits per heavy atom. The van der Waals surface area contributed by atoms with Crippen LogP contribution in [0.25, 0.3) is 17.3 Å². The van der Waals surface area contributed by atoms with Crippen LogP contribution in [0.2, 0.25) is 0 Å². The number of hydrogen-bond donors (Lipinski definition) is 1. The van der Waals surface area contributed by atoms with Crippen molar-refractivity contribution >= 4 is 28.5 Å². The number of anilines is 1. The van der Waals surface area contributed by atoms with Crippen LogP contribution in [0.1, 0.15) is 16.7 Å². The number of nitriles is 1. The van der Waals surface area contributed by atoms with Crippen LogP contribution in [0, 0.1) is 25.2 Å². The molecule has 0 saturated heterocycles. The van der Waals surface area contributed by atoms with Gasteiger partial charge in [0.2, 0.25) is 0 Å². The fraction of sp³-hybridized carbons (Fsp3) is 0.138. The number of amides is 1. The molecule has 4 aromatic rings. The maximum Gasteiger partial charge on any atom is 0.268 e. The van der Waals surface area contributed by atoms with Crippen molar-refractivity contribution in [2.24, 2.45) is 0 Å². The summed E-state index contributed by atoms with van der Waals surface area (Å²) in [6.45, 7) is 4.86. The molecule has 6 nitrogen and oxygen atoms in total. The third-order valence-electron chi connectivity index (χ3n) is 5.30. The van der Waals surface area contributed by atoms with E-state index in [-0.39, 0.29) is 5.57 Å². The molecule has 4 rings (SSSR count). The molecule has 1 heterocycles. The second-order valence-corrected chi connectivity index (χ2v) is 8.92. The number of ether oxygens (including phenoxy) is 2. The van der Waals surface area contributed by atoms with E-state index >= 15 is 0 Å². The average Bonchev–Trinajstić information content (AvgIpc) is 3.36. The number of aryl methyl sites for hydroxylation is 2. The Hall–Kier alpha value is -4.41. The highest BCUT2D eigenvalue weighted by Gasteiger charge is 2.12. The van der Waals surface area contributed by atoms with Gasteiger partial charge in [-0.2, -0.15) is 5.26 Å². The number of carbonyl (C=O) groups excluding carboxylic acids is 1. The van der Waals surface area contributed by atoms with Gasteiger partial charge in [0.05, 0.1) is 5.69 Å². The molecule has 0 atom stereocenters. The van der Waals surface area contributed by atoms with Crippen molar-refractivity contribution in [3.8, 4) is 28.8 Å². The lowest BCUT2D eigenvalue weighted by molar-refractivity contribution is -0.112. The first-order valence-electron chi connectivity index (χ1n) is 11.4. The molecule has 0 aliphatic heterocycles. The number of hydrogen-bond acceptors (Lipinski definition) is 6. The zero-order chi connectivity index (χ0) is 25.3. The number of nitrogens with zero attached hydrogens (tertiary/aromatic N) is 2. The lowest BCUT2D eigenvalue weighted by Gasteiger charge is -2.11. The van der Waals surface area contributed by atoms with Crippen LogP contribution in [0.3, 0.4) is 0 Å². The zero-order valence-corrected chi connectivity index (χ0v) is 20.8. The Bertz CT molecular complexity index is 1400. The lowest BCUT2D eigenvalue weighted by Crippen LogP contribution is -2.13. The van der Waals surface area contributed by atoms with Gasteiger partial charge in [0, 0.05) is 10.9 Å². The number of rotatable bonds is 9. The Kier molecular flexibility index (Phi) is 8.12. The minimum absolute atomic E-state index is 0.0120. The summed E-state index contributed by atoms with van der Waals surface area (Å²) in [5.41, 5.74) is 4.67. The van der Waals surface area contributed by atoms with Crippen LogP contribution >= 0.6 is 11.3 Å². The first-order chi connectivity index (χ1) is 17.5. The fourth-order valence-corrected chi connectivity index (χ4v) is 4.10. The summed E-state index contributed by atoms with van der Waals surface area (Å²) >= 11 is 1.31. The number of thiazole rings is 1. The third-order valence-corrected chi connectivity index (χ3v) is 6.06. The number of nitrogens with one attached hydrogen (secondary N) is 1. The average molecular weight is 496 g/mol. The molecule has 0 aliphatic rings. The quantitative estimate of drug-likeness (QED) is 0.164. The first kappa shape index (κ1) is 24.7. The first-order valence-corrected chi connectivity index (χ1v) is 12.3. The van der Waals surface area contributed by atoms with Crippen LogP contribution in [0.4, 0.5) is 5.13 Å². The topological polar surface area (TPSA) is 84.2 Å². The molecule has 1 amide bonds. The summed E-state index contributed by atoms with van der Waals surface area (Å²) in [7, 11) is 0. The maximum absolute atomic E-state index is 12.6. The van der Waals surface area contributed by atoms with E-state index in [1.54, 1.807) is 24.3 Å². The summed E-state index contributed by atoms with van der Waals surface area (Å²) in [6.07, 6.45) is 1.54. The molecule has 0 radical (unpaired) electrons. The molecular formula is C29H25N3O3S. The Balaban J connectivity index is 1.31. The smallest absolute Gasteiger partial charge is 0.268 e. The van der Waals surface area contributed by atoms with E-state index in [0.717, 1.165) is 28.1 Å². The van der Waals surface area contributed by atoms with E-state index in [9.17, 15) is 10.1 Å². The van der Waals surface area contributed by atoms with E-state index in [1.807, 2.05) is 67.8 Å². The Morgan fingerprint density at radius 2 is 1.78 bits per heavy atom. The van der Waals surface area contributed by atoms with E-state index in [4.69, 9.17) is 9.47 Å². The molecule has 0 fully saturated rings. The van der Waals surface area contributed by atoms with Gasteiger partial charge in [0.1, 0.15) is 36.4 Å². The van der Waals surface area contributed by atoms with Gasteiger partial charge in [0.25, 0.3) is 5.91 Å². The minimum Gasteiger partial charge on any atom is -0.490 e. The molecule has 0 aliphatic carbocycles. The summed E-state index contributed by atoms with van der Waals surface area (Å²) in [5, 5.41) is 14.5. The monoisotopic (exact) mass is 495 g/mol. The molecule has 1 aromatic heterocycles. The van der Waals surface area contributed by atoms with Gasteiger partial charge >= 0.3 is 0 Å². The van der Waals surface area contributed by atoms with Crippen molar-refractivity contribution in [3.63, 3.8) is 0 Å². The molecule has 7 heteroatoms. The van der Waals surface area contributed by atoms with Crippen molar-refractivity contribution in [1.29, 1.82) is 5.26 Å². The number of benzene rings is 3. The maximum atomic E-state index is 12.6. The van der Waals surface area contributed by atoms with Crippen LogP contribution in [-0.2, 0) is 4.79 Å². The van der Waals surface area contributed by atoms with Gasteiger partial charge in [0.15, 0.2) is 5.13 Å². The molecule has 0 spiro atoms. The molecular weight excluding hydrogens is 470 g/mol. The second kappa shape index (κ2) is 11.8. The molecule has 36 heavy (non-hydrogen) atoms. The SMILES string of the molecule is Cc1ccc(C)c(OCCOc2ccc(/C=C(/C#N)C(=O)Nc3nc(-c4ccccc4)cs3)cc2)c1. The van der Waals surface area contributed by atoms with E-state index in [0.29, 0.717) is 29.7 Å². The predicted octanol–water partition coefficient (Wildman–Crippen LogP) is 6.43. The second-order valence-electron chi connectivity index (χ2n) is 8.06. The van der Waals surface area contributed by atoms with Crippen LogP contribution in [0.5, 0.6) is 11.5 Å². The molecule has 0 unspecified atom stereocenters. The highest BCUT2D eigenvalue weighted by molar-refractivity contribution is 7.14. The molecule has 0 saturated carbocycles. The standard InChI is InChI=1S/C29H25N3O3S/c1-20-8-9-21(2)27(16-20)35-15-14-34-25-12-10-22(11-13-25)17-24(18-30)28(33)32-29-31-26(19-36-29)23-6-4-3-5-7-23/h3-13,16-17,19H,14-15H2,1-2H3,(H,31,32,33)/b24-17-. The van der Waals surface area contributed by atoms with Crippen LogP contribution in [-0.4, -0.2) is 24.1 Å². The van der Waals surface area contributed by atoms with Gasteiger partial charge in [-0.1, -0.05) is 54.6 Å². The Morgan fingerprint density at radius 3 is 2.53 bits per heavy atom. The molecule has 1 N–H and O–H groups in total. The summed E-state index contributed by atoms with van der Waals surface area (Å²) in [4.78, 5) is 17.1. The van der Waals surface area contributed by atoms with Crippen LogP contribution in [0.15, 0.2) is 83.7 Å². The number of carbonyl (C=O) groups is 1. The lowest BCUT2D eigenvalue weighted by atomic mass is 10.1.